The molecule has 1 N–H and O–H groups in total. The number of hydrogen-bond acceptors (Lipinski definition) is 3. The van der Waals surface area contributed by atoms with Gasteiger partial charge < -0.3 is 5.32 Å². The van der Waals surface area contributed by atoms with Gasteiger partial charge in [0.15, 0.2) is 0 Å². The van der Waals surface area contributed by atoms with Gasteiger partial charge in [0.25, 0.3) is 0 Å². The molecule has 1 aliphatic carbocycles. The maximum absolute atomic E-state index is 3.86. The summed E-state index contributed by atoms with van der Waals surface area (Å²) in [5, 5.41) is 3.86. The van der Waals surface area contributed by atoms with Crippen LogP contribution in [-0.2, 0) is 6.42 Å². The summed E-state index contributed by atoms with van der Waals surface area (Å²) in [5.74, 6) is 1.23. The highest BCUT2D eigenvalue weighted by Crippen LogP contribution is 2.36. The van der Waals surface area contributed by atoms with Crippen molar-refractivity contribution < 1.29 is 0 Å². The first-order valence-corrected chi connectivity index (χ1v) is 9.56. The lowest BCUT2D eigenvalue weighted by Crippen LogP contribution is -2.35. The van der Waals surface area contributed by atoms with Crippen LogP contribution in [0.25, 0.3) is 0 Å². The molecule has 0 bridgehead atoms. The van der Waals surface area contributed by atoms with E-state index in [4.69, 9.17) is 0 Å². The summed E-state index contributed by atoms with van der Waals surface area (Å²) >= 11 is 6.39. The van der Waals surface area contributed by atoms with Crippen molar-refractivity contribution >= 4 is 45.7 Å². The van der Waals surface area contributed by atoms with Crippen molar-refractivity contribution in [3.8, 4) is 0 Å². The fourth-order valence-corrected chi connectivity index (χ4v) is 5.32. The van der Waals surface area contributed by atoms with E-state index in [0.717, 1.165) is 0 Å². The Bertz CT molecular complexity index is 364. The lowest BCUT2D eigenvalue weighted by Gasteiger charge is -2.28. The normalized spacial score (nSPS) is 21.2. The molecule has 2 rings (SSSR count). The molecular weight excluding hydrogens is 361 g/mol. The molecule has 0 aromatic carbocycles. The van der Waals surface area contributed by atoms with E-state index in [1.165, 1.54) is 34.3 Å². The van der Waals surface area contributed by atoms with E-state index in [-0.39, 0.29) is 0 Å². The van der Waals surface area contributed by atoms with Crippen LogP contribution in [0.1, 0.15) is 42.7 Å². The van der Waals surface area contributed by atoms with Crippen molar-refractivity contribution in [1.29, 1.82) is 0 Å². The third-order valence-corrected chi connectivity index (χ3v) is 6.09. The minimum Gasteiger partial charge on any atom is -0.306 e. The summed E-state index contributed by atoms with van der Waals surface area (Å²) in [6.45, 7) is 2.29. The monoisotopic (exact) mass is 381 g/mol. The predicted octanol–water partition coefficient (Wildman–Crippen LogP) is 4.46. The van der Waals surface area contributed by atoms with Crippen molar-refractivity contribution in [1.82, 2.24) is 5.32 Å². The zero-order valence-corrected chi connectivity index (χ0v) is 14.3. The van der Waals surface area contributed by atoms with E-state index in [1.807, 2.05) is 23.1 Å². The van der Waals surface area contributed by atoms with E-state index in [2.05, 4.69) is 47.2 Å². The van der Waals surface area contributed by atoms with Gasteiger partial charge in [0, 0.05) is 22.7 Å². The van der Waals surface area contributed by atoms with Gasteiger partial charge in [-0.3, -0.25) is 0 Å². The van der Waals surface area contributed by atoms with Crippen LogP contribution in [0, 0.1) is 2.88 Å². The molecule has 0 spiro atoms. The molecule has 1 aromatic heterocycles. The minimum atomic E-state index is 0.607. The second kappa shape index (κ2) is 6.78. The Kier molecular flexibility index (Phi) is 5.64. The van der Waals surface area contributed by atoms with Crippen LogP contribution in [0.15, 0.2) is 6.07 Å². The number of halogens is 1. The quantitative estimate of drug-likeness (QED) is 0.756. The number of thioether (sulfide) groups is 1. The van der Waals surface area contributed by atoms with Gasteiger partial charge in [-0.05, 0) is 66.2 Å². The Hall–Kier alpha value is 0.740. The average molecular weight is 381 g/mol. The van der Waals surface area contributed by atoms with Gasteiger partial charge in [0.1, 0.15) is 0 Å². The van der Waals surface area contributed by atoms with Gasteiger partial charge >= 0.3 is 0 Å². The zero-order chi connectivity index (χ0) is 12.3. The lowest BCUT2D eigenvalue weighted by atomic mass is 9.93. The molecule has 17 heavy (non-hydrogen) atoms. The molecular formula is C13H20INS2. The van der Waals surface area contributed by atoms with Crippen molar-refractivity contribution in [2.75, 3.05) is 12.0 Å². The Balaban J connectivity index is 2.07. The van der Waals surface area contributed by atoms with Gasteiger partial charge in [-0.2, -0.15) is 11.8 Å². The first-order valence-electron chi connectivity index (χ1n) is 6.27. The van der Waals surface area contributed by atoms with Gasteiger partial charge in [-0.25, -0.2) is 0 Å². The molecule has 2 unspecified atom stereocenters. The Morgan fingerprint density at radius 3 is 3.18 bits per heavy atom. The molecule has 1 nitrogen and oxygen atoms in total. The van der Waals surface area contributed by atoms with Crippen molar-refractivity contribution in [3.63, 3.8) is 0 Å². The Labute approximate surface area is 126 Å². The molecule has 0 aliphatic heterocycles. The van der Waals surface area contributed by atoms with Crippen LogP contribution in [0.2, 0.25) is 0 Å². The fraction of sp³-hybridized carbons (Fsp3) is 0.692. The van der Waals surface area contributed by atoms with Gasteiger partial charge in [-0.15, -0.1) is 11.3 Å². The summed E-state index contributed by atoms with van der Waals surface area (Å²) in [6, 6.07) is 3.66. The third-order valence-electron chi connectivity index (χ3n) is 3.38. The van der Waals surface area contributed by atoms with Crippen LogP contribution in [0.3, 0.4) is 0 Å². The molecule has 4 heteroatoms. The first kappa shape index (κ1) is 14.2. The predicted molar refractivity (Wildman–Crippen MR) is 88.3 cm³/mol. The van der Waals surface area contributed by atoms with Gasteiger partial charge in [0.2, 0.25) is 0 Å². The van der Waals surface area contributed by atoms with Gasteiger partial charge in [-0.1, -0.05) is 6.92 Å². The second-order valence-corrected chi connectivity index (χ2v) is 8.54. The number of aryl methyl sites for hydroxylation is 1. The molecule has 0 fully saturated rings. The first-order chi connectivity index (χ1) is 8.24. The largest absolute Gasteiger partial charge is 0.306 e. The summed E-state index contributed by atoms with van der Waals surface area (Å²) in [4.78, 5) is 1.62. The molecule has 1 aromatic rings. The van der Waals surface area contributed by atoms with Crippen molar-refractivity contribution in [2.24, 2.45) is 0 Å². The van der Waals surface area contributed by atoms with E-state index in [1.54, 1.807) is 10.4 Å². The maximum Gasteiger partial charge on any atom is 0.0659 e. The Morgan fingerprint density at radius 2 is 2.47 bits per heavy atom. The zero-order valence-electron chi connectivity index (χ0n) is 10.5. The van der Waals surface area contributed by atoms with Crippen LogP contribution in [-0.4, -0.2) is 18.1 Å². The van der Waals surface area contributed by atoms with Crippen LogP contribution in [0.5, 0.6) is 0 Å². The van der Waals surface area contributed by atoms with Crippen molar-refractivity contribution in [2.45, 2.75) is 44.7 Å². The molecule has 1 aliphatic rings. The lowest BCUT2D eigenvalue weighted by molar-refractivity contribution is 0.408. The molecule has 96 valence electrons. The SMILES string of the molecule is CCC(CSC)NC1CCCc2sc(I)cc21. The van der Waals surface area contributed by atoms with Crippen LogP contribution in [0.4, 0.5) is 0 Å². The number of rotatable bonds is 5. The molecule has 0 amide bonds. The molecule has 2 atom stereocenters. The van der Waals surface area contributed by atoms with E-state index < -0.39 is 0 Å². The third kappa shape index (κ3) is 3.61. The van der Waals surface area contributed by atoms with Crippen LogP contribution >= 0.6 is 45.7 Å². The summed E-state index contributed by atoms with van der Waals surface area (Å²) in [5.41, 5.74) is 1.59. The Morgan fingerprint density at radius 1 is 1.65 bits per heavy atom. The average Bonchev–Trinajstić information content (AvgIpc) is 2.70. The highest BCUT2D eigenvalue weighted by atomic mass is 127. The van der Waals surface area contributed by atoms with Crippen molar-refractivity contribution in [3.05, 3.63) is 19.4 Å². The van der Waals surface area contributed by atoms with E-state index >= 15 is 0 Å². The smallest absolute Gasteiger partial charge is 0.0659 e. The molecule has 0 saturated carbocycles. The number of thiophene rings is 1. The fourth-order valence-electron chi connectivity index (χ4n) is 2.46. The summed E-state index contributed by atoms with van der Waals surface area (Å²) in [7, 11) is 0. The second-order valence-electron chi connectivity index (χ2n) is 4.60. The van der Waals surface area contributed by atoms with Gasteiger partial charge in [0.05, 0.1) is 2.88 Å². The topological polar surface area (TPSA) is 12.0 Å². The number of hydrogen-bond donors (Lipinski definition) is 1. The number of nitrogens with one attached hydrogen (secondary N) is 1. The number of fused-ring (bicyclic) bond motifs is 1. The molecule has 1 heterocycles. The van der Waals surface area contributed by atoms with Crippen LogP contribution < -0.4 is 5.32 Å². The van der Waals surface area contributed by atoms with E-state index in [9.17, 15) is 0 Å². The summed E-state index contributed by atoms with van der Waals surface area (Å²) in [6.07, 6.45) is 7.38. The molecule has 0 radical (unpaired) electrons. The van der Waals surface area contributed by atoms with E-state index in [0.29, 0.717) is 12.1 Å². The molecule has 0 saturated heterocycles. The standard InChI is InChI=1S/C13H20INS2/c1-3-9(8-16-2)15-11-5-4-6-12-10(11)7-13(14)17-12/h7,9,11,15H,3-6,8H2,1-2H3. The summed E-state index contributed by atoms with van der Waals surface area (Å²) < 4.78 is 1.44. The highest BCUT2D eigenvalue weighted by Gasteiger charge is 2.24. The highest BCUT2D eigenvalue weighted by molar-refractivity contribution is 14.1. The minimum absolute atomic E-state index is 0.607. The maximum atomic E-state index is 3.86.